The van der Waals surface area contributed by atoms with Gasteiger partial charge in [-0.25, -0.2) is 8.42 Å². The molecule has 0 bridgehead atoms. The van der Waals surface area contributed by atoms with Crippen molar-refractivity contribution in [3.8, 4) is 11.5 Å². The summed E-state index contributed by atoms with van der Waals surface area (Å²) in [5.41, 5.74) is 1.08. The summed E-state index contributed by atoms with van der Waals surface area (Å²) in [7, 11) is -3.53. The Hall–Kier alpha value is -2.57. The lowest BCUT2D eigenvalue weighted by Crippen LogP contribution is -2.02. The number of ether oxygens (including phenoxy) is 2. The second kappa shape index (κ2) is 11.9. The van der Waals surface area contributed by atoms with Gasteiger partial charge in [0.1, 0.15) is 11.5 Å². The van der Waals surface area contributed by atoms with Crippen LogP contribution in [0.15, 0.2) is 93.6 Å². The molecule has 0 atom stereocenters. The van der Waals surface area contributed by atoms with E-state index in [2.05, 4.69) is 22.5 Å². The maximum Gasteiger partial charge on any atom is 0.206 e. The first-order chi connectivity index (χ1) is 15.5. The highest BCUT2D eigenvalue weighted by atomic mass is 79.9. The standard InChI is InChI=1S/C26H27BrO4S/c1-2-21-7-11-23(12-8-21)30-19-5-3-4-6-20-31-24-13-17-26(18-14-24)32(28,29)25-15-9-22(27)10-16-25/h2,7-18H,1,3-6,19-20H2. The Bertz CT molecular complexity index is 1090. The summed E-state index contributed by atoms with van der Waals surface area (Å²) in [6.07, 6.45) is 5.86. The molecule has 0 aliphatic carbocycles. The van der Waals surface area contributed by atoms with Crippen LogP contribution in [0.3, 0.4) is 0 Å². The van der Waals surface area contributed by atoms with Gasteiger partial charge in [-0.3, -0.25) is 0 Å². The Morgan fingerprint density at radius 2 is 1.12 bits per heavy atom. The number of rotatable bonds is 12. The molecule has 0 spiro atoms. The van der Waals surface area contributed by atoms with E-state index < -0.39 is 9.84 Å². The van der Waals surface area contributed by atoms with Crippen molar-refractivity contribution in [2.24, 2.45) is 0 Å². The van der Waals surface area contributed by atoms with Gasteiger partial charge in [0.2, 0.25) is 9.84 Å². The highest BCUT2D eigenvalue weighted by Crippen LogP contribution is 2.24. The van der Waals surface area contributed by atoms with Crippen molar-refractivity contribution in [1.29, 1.82) is 0 Å². The number of hydrogen-bond donors (Lipinski definition) is 0. The molecule has 0 N–H and O–H groups in total. The van der Waals surface area contributed by atoms with Gasteiger partial charge in [-0.05, 0) is 91.9 Å². The lowest BCUT2D eigenvalue weighted by atomic mass is 10.2. The third kappa shape index (κ3) is 6.97. The van der Waals surface area contributed by atoms with Crippen molar-refractivity contribution in [2.45, 2.75) is 35.5 Å². The second-order valence-corrected chi connectivity index (χ2v) is 10.2. The zero-order valence-corrected chi connectivity index (χ0v) is 20.3. The van der Waals surface area contributed by atoms with Gasteiger partial charge in [-0.1, -0.05) is 40.7 Å². The van der Waals surface area contributed by atoms with Crippen LogP contribution in [-0.4, -0.2) is 21.6 Å². The van der Waals surface area contributed by atoms with Crippen molar-refractivity contribution in [1.82, 2.24) is 0 Å². The molecule has 0 fully saturated rings. The summed E-state index contributed by atoms with van der Waals surface area (Å²) in [6, 6.07) is 21.1. The molecule has 0 amide bonds. The van der Waals surface area contributed by atoms with Crippen molar-refractivity contribution in [3.05, 3.63) is 89.4 Å². The topological polar surface area (TPSA) is 52.6 Å². The predicted octanol–water partition coefficient (Wildman–Crippen LogP) is 6.94. The lowest BCUT2D eigenvalue weighted by Gasteiger charge is -2.09. The average Bonchev–Trinajstić information content (AvgIpc) is 2.82. The molecule has 0 saturated heterocycles. The summed E-state index contributed by atoms with van der Waals surface area (Å²) < 4.78 is 37.7. The largest absolute Gasteiger partial charge is 0.494 e. The summed E-state index contributed by atoms with van der Waals surface area (Å²) in [5, 5.41) is 0. The molecule has 0 saturated carbocycles. The van der Waals surface area contributed by atoms with Gasteiger partial charge in [0, 0.05) is 4.47 Å². The van der Waals surface area contributed by atoms with Crippen molar-refractivity contribution >= 4 is 31.8 Å². The van der Waals surface area contributed by atoms with Gasteiger partial charge in [-0.15, -0.1) is 0 Å². The van der Waals surface area contributed by atoms with E-state index in [1.165, 1.54) is 0 Å². The molecule has 6 heteroatoms. The van der Waals surface area contributed by atoms with Crippen LogP contribution in [0.1, 0.15) is 31.2 Å². The van der Waals surface area contributed by atoms with E-state index in [0.29, 0.717) is 19.0 Å². The molecule has 0 aromatic heterocycles. The fourth-order valence-electron chi connectivity index (χ4n) is 3.10. The van der Waals surface area contributed by atoms with Crippen molar-refractivity contribution < 1.29 is 17.9 Å². The highest BCUT2D eigenvalue weighted by molar-refractivity contribution is 9.10. The predicted molar refractivity (Wildman–Crippen MR) is 132 cm³/mol. The Balaban J connectivity index is 1.34. The molecule has 0 aliphatic rings. The highest BCUT2D eigenvalue weighted by Gasteiger charge is 2.17. The SMILES string of the molecule is C=Cc1ccc(OCCCCCCOc2ccc(S(=O)(=O)c3ccc(Br)cc3)cc2)cc1. The van der Waals surface area contributed by atoms with Crippen molar-refractivity contribution in [3.63, 3.8) is 0 Å². The van der Waals surface area contributed by atoms with Crippen LogP contribution in [0.4, 0.5) is 0 Å². The van der Waals surface area contributed by atoms with Gasteiger partial charge < -0.3 is 9.47 Å². The minimum absolute atomic E-state index is 0.256. The molecule has 3 rings (SSSR count). The van der Waals surface area contributed by atoms with Gasteiger partial charge in [-0.2, -0.15) is 0 Å². The molecular weight excluding hydrogens is 488 g/mol. The average molecular weight is 515 g/mol. The lowest BCUT2D eigenvalue weighted by molar-refractivity contribution is 0.287. The van der Waals surface area contributed by atoms with Crippen LogP contribution >= 0.6 is 15.9 Å². The van der Waals surface area contributed by atoms with Gasteiger partial charge >= 0.3 is 0 Å². The van der Waals surface area contributed by atoms with E-state index in [4.69, 9.17) is 9.47 Å². The quantitative estimate of drug-likeness (QED) is 0.245. The summed E-state index contributed by atoms with van der Waals surface area (Å²) in [6.45, 7) is 5.04. The molecule has 4 nitrogen and oxygen atoms in total. The molecule has 0 radical (unpaired) electrons. The molecule has 0 heterocycles. The minimum Gasteiger partial charge on any atom is -0.494 e. The Morgan fingerprint density at radius 3 is 1.59 bits per heavy atom. The maximum atomic E-state index is 12.7. The van der Waals surface area contributed by atoms with Gasteiger partial charge in [0.05, 0.1) is 23.0 Å². The summed E-state index contributed by atoms with van der Waals surface area (Å²) in [4.78, 5) is 0.526. The first-order valence-corrected chi connectivity index (χ1v) is 12.9. The number of benzene rings is 3. The maximum absolute atomic E-state index is 12.7. The molecule has 3 aromatic rings. The molecule has 0 unspecified atom stereocenters. The number of halogens is 1. The molecule has 0 aliphatic heterocycles. The Morgan fingerprint density at radius 1 is 0.688 bits per heavy atom. The Labute approximate surface area is 198 Å². The second-order valence-electron chi connectivity index (χ2n) is 7.31. The zero-order chi connectivity index (χ0) is 22.8. The normalized spacial score (nSPS) is 11.2. The van der Waals surface area contributed by atoms with E-state index in [1.54, 1.807) is 48.5 Å². The van der Waals surface area contributed by atoms with Crippen LogP contribution in [-0.2, 0) is 9.84 Å². The van der Waals surface area contributed by atoms with Crippen LogP contribution < -0.4 is 9.47 Å². The van der Waals surface area contributed by atoms with Crippen molar-refractivity contribution in [2.75, 3.05) is 13.2 Å². The molecule has 32 heavy (non-hydrogen) atoms. The summed E-state index contributed by atoms with van der Waals surface area (Å²) >= 11 is 3.32. The molecule has 168 valence electrons. The number of unbranched alkanes of at least 4 members (excludes halogenated alkanes) is 3. The number of hydrogen-bond acceptors (Lipinski definition) is 4. The monoisotopic (exact) mass is 514 g/mol. The van der Waals surface area contributed by atoms with E-state index in [1.807, 2.05) is 30.3 Å². The van der Waals surface area contributed by atoms with Gasteiger partial charge in [0.25, 0.3) is 0 Å². The fraction of sp³-hybridized carbons (Fsp3) is 0.231. The van der Waals surface area contributed by atoms with Gasteiger partial charge in [0.15, 0.2) is 0 Å². The third-order valence-corrected chi connectivity index (χ3v) is 7.26. The first kappa shape index (κ1) is 24.1. The first-order valence-electron chi connectivity index (χ1n) is 10.6. The fourth-order valence-corrected chi connectivity index (χ4v) is 4.63. The van der Waals surface area contributed by atoms with Crippen LogP contribution in [0.2, 0.25) is 0 Å². The summed E-state index contributed by atoms with van der Waals surface area (Å²) in [5.74, 6) is 1.55. The van der Waals surface area contributed by atoms with E-state index in [9.17, 15) is 8.42 Å². The van der Waals surface area contributed by atoms with E-state index in [-0.39, 0.29) is 9.79 Å². The number of sulfone groups is 1. The Kier molecular flexibility index (Phi) is 8.94. The van der Waals surface area contributed by atoms with Crippen LogP contribution in [0, 0.1) is 0 Å². The third-order valence-electron chi connectivity index (χ3n) is 4.95. The molecule has 3 aromatic carbocycles. The zero-order valence-electron chi connectivity index (χ0n) is 17.9. The smallest absolute Gasteiger partial charge is 0.206 e. The van der Waals surface area contributed by atoms with E-state index >= 15 is 0 Å². The molecular formula is C26H27BrO4S. The van der Waals surface area contributed by atoms with E-state index in [0.717, 1.165) is 41.5 Å². The minimum atomic E-state index is -3.53. The van der Waals surface area contributed by atoms with Crippen LogP contribution in [0.25, 0.3) is 6.08 Å². The van der Waals surface area contributed by atoms with Crippen LogP contribution in [0.5, 0.6) is 11.5 Å².